The maximum atomic E-state index is 13.1. The maximum Gasteiger partial charge on any atom is 0.346 e. The largest absolute Gasteiger partial charge is 0.438 e. The van der Waals surface area contributed by atoms with Gasteiger partial charge in [-0.15, -0.1) is 0 Å². The molecule has 4 rings (SSSR count). The minimum Gasteiger partial charge on any atom is -0.438 e. The zero-order chi connectivity index (χ0) is 18.3. The minimum absolute atomic E-state index is 0.147. The van der Waals surface area contributed by atoms with E-state index in [1.54, 1.807) is 16.4 Å². The Hall–Kier alpha value is -3.16. The number of carbonyl (C=O) groups is 1. The molecule has 134 valence electrons. The average molecular weight is 353 g/mol. The average Bonchev–Trinajstić information content (AvgIpc) is 3.24. The molecule has 1 aromatic carbocycles. The summed E-state index contributed by atoms with van der Waals surface area (Å²) < 4.78 is 8.39. The van der Waals surface area contributed by atoms with E-state index in [9.17, 15) is 9.59 Å². The summed E-state index contributed by atoms with van der Waals surface area (Å²) in [5, 5.41) is 4.49. The van der Waals surface area contributed by atoms with Gasteiger partial charge in [-0.3, -0.25) is 9.36 Å². The first-order chi connectivity index (χ1) is 12.6. The topological polar surface area (TPSA) is 86.2 Å². The number of aryl methyl sites for hydroxylation is 2. The second-order valence-electron chi connectivity index (χ2n) is 6.19. The van der Waals surface area contributed by atoms with Gasteiger partial charge in [-0.25, -0.2) is 14.5 Å². The zero-order valence-corrected chi connectivity index (χ0v) is 14.6. The van der Waals surface area contributed by atoms with E-state index in [2.05, 4.69) is 10.1 Å². The Balaban J connectivity index is 1.85. The Morgan fingerprint density at radius 1 is 1.27 bits per heavy atom. The summed E-state index contributed by atoms with van der Waals surface area (Å²) in [6.45, 7) is 4.88. The van der Waals surface area contributed by atoms with Crippen LogP contribution in [0.1, 0.15) is 40.6 Å². The van der Waals surface area contributed by atoms with Crippen LogP contribution in [0.5, 0.6) is 0 Å². The molecular formula is C18H19N5O3. The molecule has 8 heteroatoms. The van der Waals surface area contributed by atoms with Gasteiger partial charge in [0.2, 0.25) is 5.76 Å². The van der Waals surface area contributed by atoms with Crippen LogP contribution in [0.3, 0.4) is 0 Å². The Morgan fingerprint density at radius 3 is 2.69 bits per heavy atom. The summed E-state index contributed by atoms with van der Waals surface area (Å²) in [5.74, 6) is 0.537. The zero-order valence-electron chi connectivity index (χ0n) is 14.6. The second kappa shape index (κ2) is 6.29. The van der Waals surface area contributed by atoms with E-state index in [1.165, 1.54) is 11.1 Å². The van der Waals surface area contributed by atoms with Crippen molar-refractivity contribution >= 4 is 5.91 Å². The lowest BCUT2D eigenvalue weighted by Gasteiger charge is -2.34. The third-order valence-corrected chi connectivity index (χ3v) is 4.69. The third kappa shape index (κ3) is 2.45. The Labute approximate surface area is 149 Å². The molecule has 0 saturated heterocycles. The van der Waals surface area contributed by atoms with Crippen molar-refractivity contribution in [2.24, 2.45) is 0 Å². The van der Waals surface area contributed by atoms with Crippen LogP contribution in [0.15, 0.2) is 45.9 Å². The van der Waals surface area contributed by atoms with Gasteiger partial charge in [0.25, 0.3) is 5.91 Å². The monoisotopic (exact) mass is 353 g/mol. The Bertz CT molecular complexity index is 1000. The van der Waals surface area contributed by atoms with Crippen molar-refractivity contribution in [3.05, 3.63) is 70.1 Å². The molecule has 1 amide bonds. The van der Waals surface area contributed by atoms with E-state index in [1.807, 2.05) is 37.3 Å². The van der Waals surface area contributed by atoms with Crippen molar-refractivity contribution in [1.82, 2.24) is 24.2 Å². The number of fused-ring (bicyclic) bond motifs is 1. The maximum absolute atomic E-state index is 13.1. The molecule has 1 aliphatic rings. The highest BCUT2D eigenvalue weighted by Crippen LogP contribution is 2.31. The SMILES string of the molecule is CCn1nc2n(c1=O)CCN(C(=O)c1ocnc1C)C2c1ccccc1. The lowest BCUT2D eigenvalue weighted by molar-refractivity contribution is 0.0623. The number of carbonyl (C=O) groups excluding carboxylic acids is 1. The molecule has 8 nitrogen and oxygen atoms in total. The summed E-state index contributed by atoms with van der Waals surface area (Å²) in [4.78, 5) is 31.3. The smallest absolute Gasteiger partial charge is 0.346 e. The van der Waals surface area contributed by atoms with E-state index in [-0.39, 0.29) is 17.4 Å². The summed E-state index contributed by atoms with van der Waals surface area (Å²) >= 11 is 0. The molecule has 0 N–H and O–H groups in total. The highest BCUT2D eigenvalue weighted by Gasteiger charge is 2.37. The van der Waals surface area contributed by atoms with Crippen LogP contribution in [0, 0.1) is 6.92 Å². The van der Waals surface area contributed by atoms with Gasteiger partial charge in [-0.1, -0.05) is 30.3 Å². The molecule has 26 heavy (non-hydrogen) atoms. The van der Waals surface area contributed by atoms with Gasteiger partial charge in [-0.05, 0) is 19.4 Å². The van der Waals surface area contributed by atoms with Crippen LogP contribution in [-0.2, 0) is 13.1 Å². The highest BCUT2D eigenvalue weighted by atomic mass is 16.3. The number of hydrogen-bond donors (Lipinski definition) is 0. The van der Waals surface area contributed by atoms with E-state index in [0.717, 1.165) is 5.56 Å². The van der Waals surface area contributed by atoms with Gasteiger partial charge in [0.1, 0.15) is 6.04 Å². The van der Waals surface area contributed by atoms with Crippen LogP contribution < -0.4 is 5.69 Å². The number of aromatic nitrogens is 4. The molecule has 0 aliphatic carbocycles. The third-order valence-electron chi connectivity index (χ3n) is 4.69. The molecule has 1 atom stereocenters. The van der Waals surface area contributed by atoms with E-state index in [0.29, 0.717) is 31.2 Å². The number of rotatable bonds is 3. The van der Waals surface area contributed by atoms with Crippen molar-refractivity contribution in [2.75, 3.05) is 6.54 Å². The molecule has 0 saturated carbocycles. The molecule has 1 aliphatic heterocycles. The lowest BCUT2D eigenvalue weighted by Crippen LogP contribution is -2.44. The van der Waals surface area contributed by atoms with Crippen molar-refractivity contribution in [3.8, 4) is 0 Å². The fourth-order valence-electron chi connectivity index (χ4n) is 3.37. The van der Waals surface area contributed by atoms with Gasteiger partial charge >= 0.3 is 5.69 Å². The predicted octanol–water partition coefficient (Wildman–Crippen LogP) is 1.61. The summed E-state index contributed by atoms with van der Waals surface area (Å²) in [5.41, 5.74) is 1.29. The van der Waals surface area contributed by atoms with Crippen LogP contribution in [0.2, 0.25) is 0 Å². The van der Waals surface area contributed by atoms with Gasteiger partial charge in [0, 0.05) is 19.6 Å². The predicted molar refractivity (Wildman–Crippen MR) is 92.7 cm³/mol. The van der Waals surface area contributed by atoms with Crippen molar-refractivity contribution < 1.29 is 9.21 Å². The Kier molecular flexibility index (Phi) is 3.95. The first-order valence-electron chi connectivity index (χ1n) is 8.55. The highest BCUT2D eigenvalue weighted by molar-refractivity contribution is 5.93. The number of oxazole rings is 1. The van der Waals surface area contributed by atoms with Gasteiger partial charge in [0.05, 0.1) is 5.69 Å². The molecule has 0 spiro atoms. The van der Waals surface area contributed by atoms with Crippen LogP contribution >= 0.6 is 0 Å². The van der Waals surface area contributed by atoms with Crippen molar-refractivity contribution in [2.45, 2.75) is 33.0 Å². The van der Waals surface area contributed by atoms with Crippen molar-refractivity contribution in [1.29, 1.82) is 0 Å². The number of amides is 1. The molecule has 0 radical (unpaired) electrons. The standard InChI is InChI=1S/C18H19N5O3/c1-3-23-18(25)22-10-9-21(17(24)15-12(2)19-11-26-15)14(16(22)20-23)13-7-5-4-6-8-13/h4-8,11,14H,3,9-10H2,1-2H3. The van der Waals surface area contributed by atoms with Crippen LogP contribution in [0.25, 0.3) is 0 Å². The first kappa shape index (κ1) is 16.3. The first-order valence-corrected chi connectivity index (χ1v) is 8.55. The Morgan fingerprint density at radius 2 is 2.04 bits per heavy atom. The number of hydrogen-bond acceptors (Lipinski definition) is 5. The summed E-state index contributed by atoms with van der Waals surface area (Å²) in [6.07, 6.45) is 1.27. The molecule has 0 fully saturated rings. The van der Waals surface area contributed by atoms with E-state index in [4.69, 9.17) is 4.42 Å². The summed E-state index contributed by atoms with van der Waals surface area (Å²) in [6, 6.07) is 9.14. The fraction of sp³-hybridized carbons (Fsp3) is 0.333. The second-order valence-corrected chi connectivity index (χ2v) is 6.19. The number of nitrogens with zero attached hydrogens (tertiary/aromatic N) is 5. The quantitative estimate of drug-likeness (QED) is 0.714. The van der Waals surface area contributed by atoms with Crippen molar-refractivity contribution in [3.63, 3.8) is 0 Å². The summed E-state index contributed by atoms with van der Waals surface area (Å²) in [7, 11) is 0. The molecule has 3 aromatic rings. The van der Waals surface area contributed by atoms with Gasteiger partial charge < -0.3 is 9.32 Å². The molecule has 3 heterocycles. The van der Waals surface area contributed by atoms with E-state index < -0.39 is 6.04 Å². The molecule has 0 bridgehead atoms. The van der Waals surface area contributed by atoms with Crippen LogP contribution in [0.4, 0.5) is 0 Å². The lowest BCUT2D eigenvalue weighted by atomic mass is 10.0. The fourth-order valence-corrected chi connectivity index (χ4v) is 3.37. The van der Waals surface area contributed by atoms with Gasteiger partial charge in [-0.2, -0.15) is 5.10 Å². The minimum atomic E-state index is -0.456. The van der Waals surface area contributed by atoms with E-state index >= 15 is 0 Å². The molecule has 1 unspecified atom stereocenters. The number of benzene rings is 1. The molecular weight excluding hydrogens is 334 g/mol. The van der Waals surface area contributed by atoms with Crippen LogP contribution in [-0.4, -0.2) is 36.7 Å². The van der Waals surface area contributed by atoms with Gasteiger partial charge in [0.15, 0.2) is 12.2 Å². The molecule has 2 aromatic heterocycles. The normalized spacial score (nSPS) is 16.5.